The molecule has 0 bridgehead atoms. The van der Waals surface area contributed by atoms with Crippen molar-refractivity contribution in [1.29, 1.82) is 0 Å². The summed E-state index contributed by atoms with van der Waals surface area (Å²) in [7, 11) is 0. The van der Waals surface area contributed by atoms with Gasteiger partial charge in [0.25, 0.3) is 11.7 Å². The van der Waals surface area contributed by atoms with Crippen molar-refractivity contribution in [1.82, 2.24) is 9.88 Å². The molecule has 1 fully saturated rings. The molecule has 1 unspecified atom stereocenters. The molecule has 43 heavy (non-hydrogen) atoms. The maximum Gasteiger partial charge on any atom is 0.295 e. The van der Waals surface area contributed by atoms with Gasteiger partial charge in [0, 0.05) is 24.5 Å². The molecule has 1 aromatic heterocycles. The predicted octanol–water partition coefficient (Wildman–Crippen LogP) is 6.47. The number of rotatable bonds is 12. The van der Waals surface area contributed by atoms with Gasteiger partial charge in [-0.15, -0.1) is 0 Å². The van der Waals surface area contributed by atoms with Gasteiger partial charge in [-0.2, -0.15) is 0 Å². The zero-order valence-electron chi connectivity index (χ0n) is 24.2. The lowest BCUT2D eigenvalue weighted by Gasteiger charge is -2.26. The average molecular weight is 579 g/mol. The van der Waals surface area contributed by atoms with Crippen molar-refractivity contribution in [3.05, 3.63) is 125 Å². The Kier molecular flexibility index (Phi) is 9.36. The first kappa shape index (κ1) is 29.4. The van der Waals surface area contributed by atoms with Crippen molar-refractivity contribution < 1.29 is 28.9 Å². The largest absolute Gasteiger partial charge is 0.507 e. The van der Waals surface area contributed by atoms with Crippen LogP contribution in [0.3, 0.4) is 0 Å². The summed E-state index contributed by atoms with van der Waals surface area (Å²) in [6.45, 7) is 5.34. The molecule has 8 heteroatoms. The number of aliphatic hydroxyl groups is 1. The molecule has 1 atom stereocenters. The van der Waals surface area contributed by atoms with Crippen molar-refractivity contribution >= 4 is 17.4 Å². The molecule has 0 saturated carbocycles. The van der Waals surface area contributed by atoms with Crippen molar-refractivity contribution in [2.24, 2.45) is 0 Å². The maximum atomic E-state index is 13.5. The van der Waals surface area contributed by atoms with E-state index in [1.54, 1.807) is 67.0 Å². The van der Waals surface area contributed by atoms with Gasteiger partial charge in [0.05, 0.1) is 24.8 Å². The van der Waals surface area contributed by atoms with Gasteiger partial charge >= 0.3 is 0 Å². The Balaban J connectivity index is 1.56. The van der Waals surface area contributed by atoms with Crippen LogP contribution in [-0.4, -0.2) is 39.9 Å². The third-order valence-corrected chi connectivity index (χ3v) is 7.06. The minimum absolute atomic E-state index is 0.00156. The van der Waals surface area contributed by atoms with Crippen LogP contribution in [0, 0.1) is 0 Å². The molecule has 1 aliphatic heterocycles. The Morgan fingerprint density at radius 2 is 1.58 bits per heavy atom. The quantitative estimate of drug-likeness (QED) is 0.117. The van der Waals surface area contributed by atoms with Crippen molar-refractivity contribution in [2.75, 3.05) is 13.2 Å². The standard InChI is InChI=1S/C35H34N2O6/c1-3-20-42-28-13-10-26(11-14-28)33(38)31-32(37(35(40)34(31)39)22-24-16-18-36-19-17-24)27-12-15-29(30(21-27)41-4-2)43-23-25-8-6-5-7-9-25/h5-19,21,32,38H,3-4,20,22-23H2,1-2H3. The monoisotopic (exact) mass is 578 g/mol. The van der Waals surface area contributed by atoms with Crippen LogP contribution in [0.2, 0.25) is 0 Å². The van der Waals surface area contributed by atoms with Gasteiger partial charge in [-0.3, -0.25) is 14.6 Å². The SMILES string of the molecule is CCCOc1ccc(C(O)=C2C(=O)C(=O)N(Cc3ccncc3)C2c2ccc(OCc3ccccc3)c(OCC)c2)cc1. The van der Waals surface area contributed by atoms with Crippen molar-refractivity contribution in [3.63, 3.8) is 0 Å². The number of ether oxygens (including phenoxy) is 3. The first-order chi connectivity index (χ1) is 21.0. The molecule has 220 valence electrons. The molecule has 4 aromatic rings. The van der Waals surface area contributed by atoms with E-state index in [1.165, 1.54) is 4.90 Å². The third kappa shape index (κ3) is 6.70. The molecule has 5 rings (SSSR count). The predicted molar refractivity (Wildman–Crippen MR) is 163 cm³/mol. The van der Waals surface area contributed by atoms with E-state index in [9.17, 15) is 14.7 Å². The average Bonchev–Trinajstić information content (AvgIpc) is 3.29. The second-order valence-electron chi connectivity index (χ2n) is 10.1. The number of nitrogens with zero attached hydrogens (tertiary/aromatic N) is 2. The molecule has 1 aliphatic rings. The van der Waals surface area contributed by atoms with E-state index in [2.05, 4.69) is 4.98 Å². The van der Waals surface area contributed by atoms with E-state index in [1.807, 2.05) is 44.2 Å². The lowest BCUT2D eigenvalue weighted by molar-refractivity contribution is -0.140. The highest BCUT2D eigenvalue weighted by molar-refractivity contribution is 6.46. The van der Waals surface area contributed by atoms with E-state index in [-0.39, 0.29) is 17.9 Å². The number of aromatic nitrogens is 1. The van der Waals surface area contributed by atoms with E-state index in [0.717, 1.165) is 17.5 Å². The van der Waals surface area contributed by atoms with Gasteiger partial charge in [-0.25, -0.2) is 0 Å². The van der Waals surface area contributed by atoms with Crippen LogP contribution in [0.5, 0.6) is 17.2 Å². The Bertz CT molecular complexity index is 1590. The summed E-state index contributed by atoms with van der Waals surface area (Å²) >= 11 is 0. The van der Waals surface area contributed by atoms with E-state index >= 15 is 0 Å². The number of Topliss-reactive ketones (excluding diaryl/α,β-unsaturated/α-hetero) is 1. The summed E-state index contributed by atoms with van der Waals surface area (Å²) in [6.07, 6.45) is 4.13. The number of carbonyl (C=O) groups is 2. The summed E-state index contributed by atoms with van der Waals surface area (Å²) < 4.78 is 17.7. The molecule has 1 saturated heterocycles. The third-order valence-electron chi connectivity index (χ3n) is 7.06. The van der Waals surface area contributed by atoms with Gasteiger partial charge in [0.1, 0.15) is 18.1 Å². The molecule has 8 nitrogen and oxygen atoms in total. The smallest absolute Gasteiger partial charge is 0.295 e. The zero-order chi connectivity index (χ0) is 30.2. The second-order valence-corrected chi connectivity index (χ2v) is 10.1. The number of hydrogen-bond acceptors (Lipinski definition) is 7. The number of carbonyl (C=O) groups excluding carboxylic acids is 2. The summed E-state index contributed by atoms with van der Waals surface area (Å²) in [5, 5.41) is 11.5. The van der Waals surface area contributed by atoms with Crippen molar-refractivity contribution in [2.45, 2.75) is 39.5 Å². The first-order valence-electron chi connectivity index (χ1n) is 14.3. The first-order valence-corrected chi connectivity index (χ1v) is 14.3. The van der Waals surface area contributed by atoms with Crippen LogP contribution in [0.15, 0.2) is 103 Å². The number of aliphatic hydroxyl groups excluding tert-OH is 1. The molecule has 0 spiro atoms. The molecule has 0 radical (unpaired) electrons. The summed E-state index contributed by atoms with van der Waals surface area (Å²) in [6, 6.07) is 24.7. The number of hydrogen-bond donors (Lipinski definition) is 1. The zero-order valence-corrected chi connectivity index (χ0v) is 24.2. The Labute approximate surface area is 251 Å². The second kappa shape index (κ2) is 13.7. The summed E-state index contributed by atoms with van der Waals surface area (Å²) in [5.74, 6) is -0.0598. The van der Waals surface area contributed by atoms with Gasteiger partial charge in [-0.1, -0.05) is 43.3 Å². The van der Waals surface area contributed by atoms with Crippen LogP contribution in [0.4, 0.5) is 0 Å². The fourth-order valence-corrected chi connectivity index (χ4v) is 4.98. The van der Waals surface area contributed by atoms with Gasteiger partial charge < -0.3 is 24.2 Å². The highest BCUT2D eigenvalue weighted by atomic mass is 16.5. The van der Waals surface area contributed by atoms with Crippen LogP contribution in [0.1, 0.15) is 48.6 Å². The number of ketones is 1. The molecular weight excluding hydrogens is 544 g/mol. The molecule has 1 amide bonds. The molecule has 2 heterocycles. The number of benzene rings is 3. The molecule has 1 N–H and O–H groups in total. The van der Waals surface area contributed by atoms with Gasteiger partial charge in [0.2, 0.25) is 0 Å². The lowest BCUT2D eigenvalue weighted by Crippen LogP contribution is -2.29. The topological polar surface area (TPSA) is 98.2 Å². The maximum absolute atomic E-state index is 13.5. The minimum Gasteiger partial charge on any atom is -0.507 e. The van der Waals surface area contributed by atoms with Crippen LogP contribution >= 0.6 is 0 Å². The fraction of sp³-hybridized carbons (Fsp3) is 0.229. The van der Waals surface area contributed by atoms with Gasteiger partial charge in [-0.05, 0) is 78.6 Å². The molecular formula is C35H34N2O6. The highest BCUT2D eigenvalue weighted by Gasteiger charge is 2.46. The lowest BCUT2D eigenvalue weighted by atomic mass is 9.94. The Morgan fingerprint density at radius 3 is 2.28 bits per heavy atom. The molecule has 3 aromatic carbocycles. The highest BCUT2D eigenvalue weighted by Crippen LogP contribution is 2.43. The van der Waals surface area contributed by atoms with Crippen LogP contribution in [-0.2, 0) is 22.7 Å². The fourth-order valence-electron chi connectivity index (χ4n) is 4.98. The van der Waals surface area contributed by atoms with E-state index < -0.39 is 17.7 Å². The number of likely N-dealkylation sites (tertiary alicyclic amines) is 1. The number of amides is 1. The van der Waals surface area contributed by atoms with Crippen LogP contribution in [0.25, 0.3) is 5.76 Å². The van der Waals surface area contributed by atoms with Crippen LogP contribution < -0.4 is 14.2 Å². The molecule has 0 aliphatic carbocycles. The number of pyridine rings is 1. The summed E-state index contributed by atoms with van der Waals surface area (Å²) in [4.78, 5) is 32.6. The normalized spacial score (nSPS) is 15.9. The van der Waals surface area contributed by atoms with Gasteiger partial charge in [0.15, 0.2) is 11.5 Å². The van der Waals surface area contributed by atoms with Crippen molar-refractivity contribution in [3.8, 4) is 17.2 Å². The Morgan fingerprint density at radius 1 is 0.837 bits per heavy atom. The summed E-state index contributed by atoms with van der Waals surface area (Å²) in [5.41, 5.74) is 2.82. The van der Waals surface area contributed by atoms with E-state index in [0.29, 0.717) is 48.2 Å². The van der Waals surface area contributed by atoms with E-state index in [4.69, 9.17) is 14.2 Å². The Hall–Kier alpha value is -5.11. The minimum atomic E-state index is -0.869.